The molecule has 2 N–H and O–H groups in total. The van der Waals surface area contributed by atoms with Crippen LogP contribution >= 0.6 is 12.4 Å². The Kier molecular flexibility index (Phi) is 9.34. The van der Waals surface area contributed by atoms with Crippen molar-refractivity contribution in [2.24, 2.45) is 5.92 Å². The molecule has 1 aromatic carbocycles. The molecular weight excluding hydrogens is 332 g/mol. The third-order valence-electron chi connectivity index (χ3n) is 3.96. The van der Waals surface area contributed by atoms with Gasteiger partial charge in [-0.05, 0) is 31.8 Å². The first kappa shape index (κ1) is 20.4. The van der Waals surface area contributed by atoms with Crippen LogP contribution < -0.4 is 24.8 Å². The second-order valence-electron chi connectivity index (χ2n) is 5.64. The Morgan fingerprint density at radius 1 is 1.21 bits per heavy atom. The van der Waals surface area contributed by atoms with E-state index in [0.717, 1.165) is 19.5 Å². The lowest BCUT2D eigenvalue weighted by molar-refractivity contribution is -0.121. The number of amides is 1. The molecule has 1 aliphatic rings. The van der Waals surface area contributed by atoms with Crippen LogP contribution in [-0.2, 0) is 4.79 Å². The summed E-state index contributed by atoms with van der Waals surface area (Å²) in [5.74, 6) is 2.74. The van der Waals surface area contributed by atoms with Crippen molar-refractivity contribution in [3.63, 3.8) is 0 Å². The van der Waals surface area contributed by atoms with Crippen molar-refractivity contribution in [2.45, 2.75) is 19.3 Å². The summed E-state index contributed by atoms with van der Waals surface area (Å²) in [5.41, 5.74) is 0. The Hall–Kier alpha value is -1.66. The highest BCUT2D eigenvalue weighted by Gasteiger charge is 2.15. The molecule has 24 heavy (non-hydrogen) atoms. The van der Waals surface area contributed by atoms with Crippen molar-refractivity contribution >= 4 is 18.3 Å². The predicted molar refractivity (Wildman–Crippen MR) is 95.5 cm³/mol. The highest BCUT2D eigenvalue weighted by Crippen LogP contribution is 2.27. The highest BCUT2D eigenvalue weighted by atomic mass is 35.5. The van der Waals surface area contributed by atoms with E-state index in [4.69, 9.17) is 14.2 Å². The fourth-order valence-electron chi connectivity index (χ4n) is 2.61. The van der Waals surface area contributed by atoms with Crippen LogP contribution in [-0.4, -0.2) is 46.4 Å². The Labute approximate surface area is 149 Å². The number of benzene rings is 1. The quantitative estimate of drug-likeness (QED) is 0.661. The lowest BCUT2D eigenvalue weighted by atomic mass is 10.0. The summed E-state index contributed by atoms with van der Waals surface area (Å²) in [6.45, 7) is 3.01. The molecule has 1 saturated heterocycles. The highest BCUT2D eigenvalue weighted by molar-refractivity contribution is 5.85. The van der Waals surface area contributed by atoms with Crippen LogP contribution in [0.15, 0.2) is 18.2 Å². The maximum atomic E-state index is 11.8. The zero-order valence-corrected chi connectivity index (χ0v) is 15.1. The monoisotopic (exact) mass is 358 g/mol. The minimum absolute atomic E-state index is 0. The molecule has 1 atom stereocenters. The van der Waals surface area contributed by atoms with Gasteiger partial charge in [-0.25, -0.2) is 0 Å². The van der Waals surface area contributed by atoms with Crippen molar-refractivity contribution in [2.75, 3.05) is 40.5 Å². The molecule has 1 amide bonds. The summed E-state index contributed by atoms with van der Waals surface area (Å²) >= 11 is 0. The van der Waals surface area contributed by atoms with Gasteiger partial charge >= 0.3 is 0 Å². The van der Waals surface area contributed by atoms with Gasteiger partial charge in [0.1, 0.15) is 23.9 Å². The standard InChI is InChI=1S/C17H26N2O4.ClH/c1-21-14-9-15(22-2)11-16(10-14)23-8-7-19-17(20)4-3-13-5-6-18-12-13;/h9-11,13,18H,3-8,12H2,1-2H3,(H,19,20);1H. The van der Waals surface area contributed by atoms with Crippen LogP contribution in [0.1, 0.15) is 19.3 Å². The third-order valence-corrected chi connectivity index (χ3v) is 3.96. The van der Waals surface area contributed by atoms with Gasteiger partial charge in [0.15, 0.2) is 0 Å². The molecule has 2 rings (SSSR count). The van der Waals surface area contributed by atoms with Crippen molar-refractivity contribution in [1.82, 2.24) is 10.6 Å². The molecule has 1 fully saturated rings. The molecule has 6 nitrogen and oxygen atoms in total. The number of halogens is 1. The summed E-state index contributed by atoms with van der Waals surface area (Å²) in [7, 11) is 3.19. The fraction of sp³-hybridized carbons (Fsp3) is 0.588. The van der Waals surface area contributed by atoms with Crippen LogP contribution in [0.5, 0.6) is 17.2 Å². The number of carbonyl (C=O) groups excluding carboxylic acids is 1. The maximum absolute atomic E-state index is 11.8. The van der Waals surface area contributed by atoms with Gasteiger partial charge in [-0.1, -0.05) is 0 Å². The molecule has 0 bridgehead atoms. The normalized spacial score (nSPS) is 16.2. The number of hydrogen-bond acceptors (Lipinski definition) is 5. The van der Waals surface area contributed by atoms with Gasteiger partial charge in [-0.15, -0.1) is 12.4 Å². The van der Waals surface area contributed by atoms with E-state index in [2.05, 4.69) is 10.6 Å². The lowest BCUT2D eigenvalue weighted by Crippen LogP contribution is -2.28. The first-order valence-electron chi connectivity index (χ1n) is 8.04. The zero-order valence-electron chi connectivity index (χ0n) is 14.3. The first-order chi connectivity index (χ1) is 11.2. The Bertz CT molecular complexity index is 485. The van der Waals surface area contributed by atoms with Crippen LogP contribution in [0.3, 0.4) is 0 Å². The fourth-order valence-corrected chi connectivity index (χ4v) is 2.61. The van der Waals surface area contributed by atoms with Gasteiger partial charge in [0, 0.05) is 24.6 Å². The molecule has 1 aromatic rings. The van der Waals surface area contributed by atoms with Crippen LogP contribution in [0, 0.1) is 5.92 Å². The number of rotatable bonds is 9. The lowest BCUT2D eigenvalue weighted by Gasteiger charge is -2.11. The van der Waals surface area contributed by atoms with E-state index in [9.17, 15) is 4.79 Å². The molecule has 0 saturated carbocycles. The Morgan fingerprint density at radius 3 is 2.46 bits per heavy atom. The van der Waals surface area contributed by atoms with Crippen molar-refractivity contribution in [3.05, 3.63) is 18.2 Å². The zero-order chi connectivity index (χ0) is 16.5. The molecule has 0 radical (unpaired) electrons. The molecular formula is C17H27ClN2O4. The van der Waals surface area contributed by atoms with E-state index in [1.54, 1.807) is 32.4 Å². The smallest absolute Gasteiger partial charge is 0.220 e. The van der Waals surface area contributed by atoms with Crippen LogP contribution in [0.4, 0.5) is 0 Å². The van der Waals surface area contributed by atoms with E-state index in [1.165, 1.54) is 6.42 Å². The number of ether oxygens (including phenoxy) is 3. The molecule has 0 aliphatic carbocycles. The maximum Gasteiger partial charge on any atom is 0.220 e. The average Bonchev–Trinajstić information content (AvgIpc) is 3.10. The second kappa shape index (κ2) is 11.0. The van der Waals surface area contributed by atoms with Crippen molar-refractivity contribution in [3.8, 4) is 17.2 Å². The molecule has 1 unspecified atom stereocenters. The van der Waals surface area contributed by atoms with E-state index >= 15 is 0 Å². The number of hydrogen-bond donors (Lipinski definition) is 2. The summed E-state index contributed by atoms with van der Waals surface area (Å²) in [4.78, 5) is 11.8. The molecule has 0 spiro atoms. The summed E-state index contributed by atoms with van der Waals surface area (Å²) in [5, 5.41) is 6.20. The molecule has 0 aromatic heterocycles. The van der Waals surface area contributed by atoms with Gasteiger partial charge in [0.2, 0.25) is 5.91 Å². The second-order valence-corrected chi connectivity index (χ2v) is 5.64. The SMILES string of the molecule is COc1cc(OC)cc(OCCNC(=O)CCC2CCNC2)c1.Cl. The van der Waals surface area contributed by atoms with E-state index in [-0.39, 0.29) is 18.3 Å². The first-order valence-corrected chi connectivity index (χ1v) is 8.04. The summed E-state index contributed by atoms with van der Waals surface area (Å²) in [6, 6.07) is 5.36. The average molecular weight is 359 g/mol. The van der Waals surface area contributed by atoms with Gasteiger partial charge < -0.3 is 24.8 Å². The van der Waals surface area contributed by atoms with E-state index in [1.807, 2.05) is 0 Å². The van der Waals surface area contributed by atoms with Gasteiger partial charge in [-0.2, -0.15) is 0 Å². The predicted octanol–water partition coefficient (Wildman–Crippen LogP) is 2.01. The van der Waals surface area contributed by atoms with Gasteiger partial charge in [0.05, 0.1) is 20.8 Å². The van der Waals surface area contributed by atoms with Gasteiger partial charge in [0.25, 0.3) is 0 Å². The Balaban J connectivity index is 0.00000288. The molecule has 136 valence electrons. The Morgan fingerprint density at radius 2 is 1.88 bits per heavy atom. The van der Waals surface area contributed by atoms with Crippen molar-refractivity contribution < 1.29 is 19.0 Å². The third kappa shape index (κ3) is 6.84. The molecule has 1 aliphatic heterocycles. The van der Waals surface area contributed by atoms with Gasteiger partial charge in [-0.3, -0.25) is 4.79 Å². The number of carbonyl (C=O) groups is 1. The van der Waals surface area contributed by atoms with E-state index in [0.29, 0.717) is 42.7 Å². The molecule has 1 heterocycles. The molecule has 7 heteroatoms. The van der Waals surface area contributed by atoms with Crippen LogP contribution in [0.25, 0.3) is 0 Å². The summed E-state index contributed by atoms with van der Waals surface area (Å²) in [6.07, 6.45) is 2.71. The number of methoxy groups -OCH3 is 2. The van der Waals surface area contributed by atoms with Crippen molar-refractivity contribution in [1.29, 1.82) is 0 Å². The summed E-state index contributed by atoms with van der Waals surface area (Å²) < 4.78 is 16.0. The van der Waals surface area contributed by atoms with E-state index < -0.39 is 0 Å². The number of nitrogens with one attached hydrogen (secondary N) is 2. The topological polar surface area (TPSA) is 68.8 Å². The van der Waals surface area contributed by atoms with Crippen LogP contribution in [0.2, 0.25) is 0 Å². The minimum Gasteiger partial charge on any atom is -0.496 e. The largest absolute Gasteiger partial charge is 0.496 e. The minimum atomic E-state index is 0.